The maximum Gasteiger partial charge on any atom is 0.138 e. The van der Waals surface area contributed by atoms with Crippen LogP contribution in [-0.2, 0) is 19.1 Å². The lowest BCUT2D eigenvalue weighted by molar-refractivity contribution is -0.132. The summed E-state index contributed by atoms with van der Waals surface area (Å²) in [4.78, 5) is 22.7. The third-order valence-corrected chi connectivity index (χ3v) is 5.71. The van der Waals surface area contributed by atoms with E-state index in [9.17, 15) is 9.59 Å². The lowest BCUT2D eigenvalue weighted by Crippen LogP contribution is -2.36. The molecule has 0 aromatic heterocycles. The first-order valence-corrected chi connectivity index (χ1v) is 8.92. The van der Waals surface area contributed by atoms with Crippen molar-refractivity contribution in [2.24, 2.45) is 10.8 Å². The van der Waals surface area contributed by atoms with E-state index in [0.29, 0.717) is 24.8 Å². The zero-order valence-corrected chi connectivity index (χ0v) is 15.4. The van der Waals surface area contributed by atoms with Gasteiger partial charge in [-0.1, -0.05) is 32.1 Å². The molecule has 2 aliphatic rings. The van der Waals surface area contributed by atoms with Crippen LogP contribution in [0.3, 0.4) is 0 Å². The third kappa shape index (κ3) is 5.39. The molecule has 0 radical (unpaired) electrons. The topological polar surface area (TPSA) is 52.6 Å². The Kier molecular flexibility index (Phi) is 8.41. The lowest BCUT2D eigenvalue weighted by Gasteiger charge is -2.34. The predicted octanol–water partition coefficient (Wildman–Crippen LogP) is 3.95. The van der Waals surface area contributed by atoms with Gasteiger partial charge in [0.1, 0.15) is 11.6 Å². The summed E-state index contributed by atoms with van der Waals surface area (Å²) in [5.74, 6) is 0.612. The van der Waals surface area contributed by atoms with Crippen LogP contribution in [-0.4, -0.2) is 39.0 Å². The van der Waals surface area contributed by atoms with Crippen molar-refractivity contribution >= 4 is 11.6 Å². The molecule has 23 heavy (non-hydrogen) atoms. The van der Waals surface area contributed by atoms with Crippen LogP contribution < -0.4 is 0 Å². The molecule has 0 spiro atoms. The molecule has 0 atom stereocenters. The first-order chi connectivity index (χ1) is 10.9. The Hall–Kier alpha value is -0.740. The Bertz CT molecular complexity index is 371. The van der Waals surface area contributed by atoms with Gasteiger partial charge in [0, 0.05) is 14.2 Å². The predicted molar refractivity (Wildman–Crippen MR) is 91.5 cm³/mol. The molecule has 0 unspecified atom stereocenters. The summed E-state index contributed by atoms with van der Waals surface area (Å²) in [6.07, 6.45) is 10.1. The van der Waals surface area contributed by atoms with Crippen molar-refractivity contribution in [2.75, 3.05) is 27.4 Å². The van der Waals surface area contributed by atoms with Crippen LogP contribution in [0.5, 0.6) is 0 Å². The molecule has 0 heterocycles. The van der Waals surface area contributed by atoms with Crippen molar-refractivity contribution < 1.29 is 19.1 Å². The molecule has 2 aliphatic carbocycles. The van der Waals surface area contributed by atoms with E-state index in [1.54, 1.807) is 28.1 Å². The Morgan fingerprint density at radius 2 is 1.00 bits per heavy atom. The molecule has 2 fully saturated rings. The summed E-state index contributed by atoms with van der Waals surface area (Å²) in [5.41, 5.74) is -0.248. The molecule has 4 heteroatoms. The fourth-order valence-electron chi connectivity index (χ4n) is 4.03. The first-order valence-electron chi connectivity index (χ1n) is 8.92. The molecule has 0 aliphatic heterocycles. The maximum absolute atomic E-state index is 11.4. The van der Waals surface area contributed by atoms with Gasteiger partial charge in [-0.05, 0) is 39.5 Å². The van der Waals surface area contributed by atoms with Gasteiger partial charge < -0.3 is 9.47 Å². The zero-order valence-electron chi connectivity index (χ0n) is 15.4. The molecule has 2 rings (SSSR count). The van der Waals surface area contributed by atoms with E-state index in [0.717, 1.165) is 25.7 Å². The number of hydrogen-bond acceptors (Lipinski definition) is 4. The number of methoxy groups -OCH3 is 2. The minimum absolute atomic E-state index is 0.116. The van der Waals surface area contributed by atoms with Crippen LogP contribution >= 0.6 is 0 Å². The van der Waals surface area contributed by atoms with Gasteiger partial charge in [-0.25, -0.2) is 0 Å². The first kappa shape index (κ1) is 20.3. The van der Waals surface area contributed by atoms with Crippen molar-refractivity contribution in [1.29, 1.82) is 0 Å². The molecule has 0 amide bonds. The molecule has 0 aromatic carbocycles. The van der Waals surface area contributed by atoms with Gasteiger partial charge in [0.2, 0.25) is 0 Å². The Labute approximate surface area is 141 Å². The highest BCUT2D eigenvalue weighted by molar-refractivity contribution is 5.83. The van der Waals surface area contributed by atoms with Crippen molar-refractivity contribution in [3.05, 3.63) is 0 Å². The van der Waals surface area contributed by atoms with E-state index in [1.165, 1.54) is 32.1 Å². The second kappa shape index (κ2) is 9.53. The van der Waals surface area contributed by atoms with Gasteiger partial charge in [-0.2, -0.15) is 0 Å². The Balaban J connectivity index is 0.000000231. The van der Waals surface area contributed by atoms with Gasteiger partial charge in [-0.15, -0.1) is 0 Å². The van der Waals surface area contributed by atoms with Crippen molar-refractivity contribution in [3.63, 3.8) is 0 Å². The molecule has 0 N–H and O–H groups in total. The molecular formula is C19H34O4. The van der Waals surface area contributed by atoms with Gasteiger partial charge >= 0.3 is 0 Å². The molecule has 0 bridgehead atoms. The number of hydrogen-bond donors (Lipinski definition) is 0. The number of ketones is 2. The lowest BCUT2D eigenvalue weighted by atomic mass is 9.72. The molecular weight excluding hydrogens is 292 g/mol. The molecule has 0 saturated heterocycles. The summed E-state index contributed by atoms with van der Waals surface area (Å²) in [7, 11) is 3.35. The summed E-state index contributed by atoms with van der Waals surface area (Å²) < 4.78 is 10.2. The molecule has 2 saturated carbocycles. The average molecular weight is 326 g/mol. The highest BCUT2D eigenvalue weighted by atomic mass is 16.5. The quantitative estimate of drug-likeness (QED) is 0.741. The summed E-state index contributed by atoms with van der Waals surface area (Å²) in [5, 5.41) is 0. The SMILES string of the molecule is COCC1(C(C)=O)CCCC1.COCC1(C(C)=O)CCCCC1. The minimum Gasteiger partial charge on any atom is -0.384 e. The van der Waals surface area contributed by atoms with E-state index in [2.05, 4.69) is 0 Å². The highest BCUT2D eigenvalue weighted by Crippen LogP contribution is 2.39. The summed E-state index contributed by atoms with van der Waals surface area (Å²) in [6.45, 7) is 4.61. The van der Waals surface area contributed by atoms with Crippen LogP contribution in [0.1, 0.15) is 71.6 Å². The van der Waals surface area contributed by atoms with Crippen LogP contribution in [0.15, 0.2) is 0 Å². The number of carbonyl (C=O) groups is 2. The second-order valence-electron chi connectivity index (χ2n) is 7.31. The van der Waals surface area contributed by atoms with Gasteiger partial charge in [0.15, 0.2) is 0 Å². The average Bonchev–Trinajstić information content (AvgIpc) is 2.99. The standard InChI is InChI=1S/C10H18O2.C9H16O2/c1-9(11)10(8-12-2)6-4-3-5-7-10;1-8(10)9(7-11-2)5-3-4-6-9/h3-8H2,1-2H3;3-7H2,1-2H3. The van der Waals surface area contributed by atoms with Crippen molar-refractivity contribution in [3.8, 4) is 0 Å². The number of rotatable bonds is 6. The largest absolute Gasteiger partial charge is 0.384 e. The van der Waals surface area contributed by atoms with E-state index in [-0.39, 0.29) is 10.8 Å². The number of ether oxygens (including phenoxy) is 2. The molecule has 0 aromatic rings. The highest BCUT2D eigenvalue weighted by Gasteiger charge is 2.38. The van der Waals surface area contributed by atoms with Gasteiger partial charge in [-0.3, -0.25) is 9.59 Å². The van der Waals surface area contributed by atoms with Crippen LogP contribution in [0.2, 0.25) is 0 Å². The van der Waals surface area contributed by atoms with Crippen LogP contribution in [0, 0.1) is 10.8 Å². The van der Waals surface area contributed by atoms with E-state index >= 15 is 0 Å². The minimum atomic E-state index is -0.132. The monoisotopic (exact) mass is 326 g/mol. The van der Waals surface area contributed by atoms with Crippen LogP contribution in [0.4, 0.5) is 0 Å². The van der Waals surface area contributed by atoms with E-state index < -0.39 is 0 Å². The molecule has 134 valence electrons. The number of carbonyl (C=O) groups excluding carboxylic acids is 2. The maximum atomic E-state index is 11.4. The smallest absolute Gasteiger partial charge is 0.138 e. The van der Waals surface area contributed by atoms with Crippen LogP contribution in [0.25, 0.3) is 0 Å². The third-order valence-electron chi connectivity index (χ3n) is 5.71. The normalized spacial score (nSPS) is 22.1. The Morgan fingerprint density at radius 3 is 1.26 bits per heavy atom. The summed E-state index contributed by atoms with van der Waals surface area (Å²) in [6, 6.07) is 0. The van der Waals surface area contributed by atoms with Gasteiger partial charge in [0.25, 0.3) is 0 Å². The summed E-state index contributed by atoms with van der Waals surface area (Å²) >= 11 is 0. The Morgan fingerprint density at radius 1 is 0.696 bits per heavy atom. The molecule has 4 nitrogen and oxygen atoms in total. The van der Waals surface area contributed by atoms with Gasteiger partial charge in [0.05, 0.1) is 24.0 Å². The van der Waals surface area contributed by atoms with E-state index in [1.807, 2.05) is 0 Å². The fourth-order valence-corrected chi connectivity index (χ4v) is 4.03. The second-order valence-corrected chi connectivity index (χ2v) is 7.31. The zero-order chi connectivity index (χ0) is 17.3. The fraction of sp³-hybridized carbons (Fsp3) is 0.895. The number of Topliss-reactive ketones (excluding diaryl/α,β-unsaturated/α-hetero) is 2. The van der Waals surface area contributed by atoms with Crippen molar-refractivity contribution in [2.45, 2.75) is 71.6 Å². The van der Waals surface area contributed by atoms with Crippen molar-refractivity contribution in [1.82, 2.24) is 0 Å². The van der Waals surface area contributed by atoms with E-state index in [4.69, 9.17) is 9.47 Å².